The third kappa shape index (κ3) is 4.70. The maximum absolute atomic E-state index is 12.9. The van der Waals surface area contributed by atoms with Crippen molar-refractivity contribution >= 4 is 46.0 Å². The van der Waals surface area contributed by atoms with Gasteiger partial charge in [0, 0.05) is 25.2 Å². The molecule has 26 heavy (non-hydrogen) atoms. The summed E-state index contributed by atoms with van der Waals surface area (Å²) in [5.74, 6) is -0.785. The fourth-order valence-corrected chi connectivity index (χ4v) is 3.88. The van der Waals surface area contributed by atoms with Gasteiger partial charge < -0.3 is 5.32 Å². The molecular formula is C16H17ClF3N3O2S. The summed E-state index contributed by atoms with van der Waals surface area (Å²) in [6.45, 7) is 4.59. The standard InChI is InChI=1S/C16H17ClF3N3O2S/c1-3-21-15-23(4-2)14(25)12(26-15)8-13(24)22-9-5-6-11(17)10(7-9)16(18,19)20/h5-7,12H,3-4,8H2,1-2H3,(H,22,24)/t12-/m1/s1. The number of halogens is 4. The Morgan fingerprint density at radius 2 is 2.08 bits per heavy atom. The van der Waals surface area contributed by atoms with Gasteiger partial charge >= 0.3 is 6.18 Å². The number of rotatable bonds is 5. The Morgan fingerprint density at radius 3 is 2.65 bits per heavy atom. The number of amidine groups is 1. The molecule has 1 atom stereocenters. The molecule has 0 bridgehead atoms. The lowest BCUT2D eigenvalue weighted by molar-refractivity contribution is -0.137. The minimum Gasteiger partial charge on any atom is -0.326 e. The lowest BCUT2D eigenvalue weighted by Crippen LogP contribution is -2.33. The highest BCUT2D eigenvalue weighted by atomic mass is 35.5. The second kappa shape index (κ2) is 8.30. The molecule has 2 amide bonds. The predicted octanol–water partition coefficient (Wildman–Crippen LogP) is 4.03. The van der Waals surface area contributed by atoms with E-state index in [2.05, 4.69) is 10.3 Å². The van der Waals surface area contributed by atoms with Crippen LogP contribution in [-0.2, 0) is 15.8 Å². The third-order valence-corrected chi connectivity index (χ3v) is 5.10. The highest BCUT2D eigenvalue weighted by molar-refractivity contribution is 8.15. The molecule has 0 aliphatic carbocycles. The average Bonchev–Trinajstić information content (AvgIpc) is 2.83. The molecule has 1 aliphatic heterocycles. The van der Waals surface area contributed by atoms with Gasteiger partial charge in [0.05, 0.1) is 10.6 Å². The van der Waals surface area contributed by atoms with E-state index in [0.29, 0.717) is 18.3 Å². The van der Waals surface area contributed by atoms with Crippen LogP contribution in [0, 0.1) is 0 Å². The summed E-state index contributed by atoms with van der Waals surface area (Å²) in [4.78, 5) is 30.2. The van der Waals surface area contributed by atoms with Crippen molar-refractivity contribution in [2.45, 2.75) is 31.7 Å². The highest BCUT2D eigenvalue weighted by Crippen LogP contribution is 2.36. The fraction of sp³-hybridized carbons (Fsp3) is 0.438. The summed E-state index contributed by atoms with van der Waals surface area (Å²) in [5, 5.41) is 1.85. The van der Waals surface area contributed by atoms with E-state index in [1.54, 1.807) is 6.92 Å². The van der Waals surface area contributed by atoms with Crippen LogP contribution >= 0.6 is 23.4 Å². The number of alkyl halides is 3. The summed E-state index contributed by atoms with van der Waals surface area (Å²) in [7, 11) is 0. The number of nitrogens with zero attached hydrogens (tertiary/aromatic N) is 2. The van der Waals surface area contributed by atoms with E-state index < -0.39 is 27.9 Å². The minimum absolute atomic E-state index is 0.0306. The maximum atomic E-state index is 12.9. The van der Waals surface area contributed by atoms with Crippen LogP contribution in [-0.4, -0.2) is 40.2 Å². The zero-order valence-electron chi connectivity index (χ0n) is 14.1. The molecule has 1 N–H and O–H groups in total. The molecular weight excluding hydrogens is 391 g/mol. The molecule has 1 aromatic rings. The van der Waals surface area contributed by atoms with Crippen molar-refractivity contribution in [3.05, 3.63) is 28.8 Å². The number of carbonyl (C=O) groups is 2. The summed E-state index contributed by atoms with van der Waals surface area (Å²) in [5.41, 5.74) is -1.06. The van der Waals surface area contributed by atoms with Gasteiger partial charge in [-0.2, -0.15) is 13.2 Å². The van der Waals surface area contributed by atoms with E-state index >= 15 is 0 Å². The average molecular weight is 408 g/mol. The van der Waals surface area contributed by atoms with Crippen molar-refractivity contribution in [3.63, 3.8) is 0 Å². The first-order valence-corrected chi connectivity index (χ1v) is 9.12. The zero-order valence-corrected chi connectivity index (χ0v) is 15.6. The Morgan fingerprint density at radius 1 is 1.38 bits per heavy atom. The van der Waals surface area contributed by atoms with Crippen molar-refractivity contribution < 1.29 is 22.8 Å². The maximum Gasteiger partial charge on any atom is 0.417 e. The van der Waals surface area contributed by atoms with Gasteiger partial charge in [0.25, 0.3) is 0 Å². The molecule has 1 heterocycles. The Hall–Kier alpha value is -1.74. The van der Waals surface area contributed by atoms with E-state index in [0.717, 1.165) is 12.1 Å². The number of hydrogen-bond acceptors (Lipinski definition) is 4. The number of nitrogens with one attached hydrogen (secondary N) is 1. The van der Waals surface area contributed by atoms with E-state index in [1.807, 2.05) is 6.92 Å². The largest absolute Gasteiger partial charge is 0.417 e. The monoisotopic (exact) mass is 407 g/mol. The first kappa shape index (κ1) is 20.6. The molecule has 1 fully saturated rings. The Bertz CT molecular complexity index is 740. The molecule has 1 saturated heterocycles. The van der Waals surface area contributed by atoms with Crippen LogP contribution < -0.4 is 5.32 Å². The number of anilines is 1. The summed E-state index contributed by atoms with van der Waals surface area (Å²) < 4.78 is 38.6. The zero-order chi connectivity index (χ0) is 19.5. The Kier molecular flexibility index (Phi) is 6.57. The Labute approximate surface area is 158 Å². The second-order valence-electron chi connectivity index (χ2n) is 5.39. The van der Waals surface area contributed by atoms with E-state index in [4.69, 9.17) is 11.6 Å². The molecule has 0 spiro atoms. The van der Waals surface area contributed by atoms with Gasteiger partial charge in [-0.05, 0) is 32.0 Å². The normalized spacial score (nSPS) is 19.3. The van der Waals surface area contributed by atoms with Gasteiger partial charge in [0.1, 0.15) is 5.25 Å². The third-order valence-electron chi connectivity index (χ3n) is 3.56. The van der Waals surface area contributed by atoms with Gasteiger partial charge in [-0.15, -0.1) is 0 Å². The molecule has 1 aliphatic rings. The van der Waals surface area contributed by atoms with E-state index in [9.17, 15) is 22.8 Å². The van der Waals surface area contributed by atoms with Gasteiger partial charge in [0.15, 0.2) is 5.17 Å². The van der Waals surface area contributed by atoms with Gasteiger partial charge in [-0.25, -0.2) is 0 Å². The van der Waals surface area contributed by atoms with Gasteiger partial charge in [-0.1, -0.05) is 23.4 Å². The molecule has 5 nitrogen and oxygen atoms in total. The summed E-state index contributed by atoms with van der Waals surface area (Å²) >= 11 is 6.74. The molecule has 0 aromatic heterocycles. The van der Waals surface area contributed by atoms with Crippen LogP contribution in [0.2, 0.25) is 5.02 Å². The molecule has 0 radical (unpaired) electrons. The van der Waals surface area contributed by atoms with E-state index in [1.165, 1.54) is 22.7 Å². The highest BCUT2D eigenvalue weighted by Gasteiger charge is 2.38. The lowest BCUT2D eigenvalue weighted by atomic mass is 10.2. The van der Waals surface area contributed by atoms with Gasteiger partial charge in [-0.3, -0.25) is 19.5 Å². The first-order valence-electron chi connectivity index (χ1n) is 7.86. The summed E-state index contributed by atoms with van der Waals surface area (Å²) in [6.07, 6.45) is -4.78. The topological polar surface area (TPSA) is 61.8 Å². The number of thioether (sulfide) groups is 1. The molecule has 0 saturated carbocycles. The smallest absolute Gasteiger partial charge is 0.326 e. The quantitative estimate of drug-likeness (QED) is 0.801. The van der Waals surface area contributed by atoms with E-state index in [-0.39, 0.29) is 18.0 Å². The molecule has 10 heteroatoms. The number of benzene rings is 1. The van der Waals surface area contributed by atoms with Crippen molar-refractivity contribution in [1.29, 1.82) is 0 Å². The van der Waals surface area contributed by atoms with Crippen LogP contribution in [0.3, 0.4) is 0 Å². The van der Waals surface area contributed by atoms with Gasteiger partial charge in [0.2, 0.25) is 11.8 Å². The molecule has 2 rings (SSSR count). The number of hydrogen-bond donors (Lipinski definition) is 1. The van der Waals surface area contributed by atoms with Crippen LogP contribution in [0.5, 0.6) is 0 Å². The fourth-order valence-electron chi connectivity index (χ4n) is 2.39. The van der Waals surface area contributed by atoms with Crippen molar-refractivity contribution in [3.8, 4) is 0 Å². The van der Waals surface area contributed by atoms with Crippen molar-refractivity contribution in [1.82, 2.24) is 4.90 Å². The number of carbonyl (C=O) groups excluding carboxylic acids is 2. The number of amides is 2. The minimum atomic E-state index is -4.62. The summed E-state index contributed by atoms with van der Waals surface area (Å²) in [6, 6.07) is 3.12. The molecule has 0 unspecified atom stereocenters. The predicted molar refractivity (Wildman–Crippen MR) is 96.4 cm³/mol. The number of aliphatic imine (C=N–C) groups is 1. The Balaban J connectivity index is 2.08. The first-order chi connectivity index (χ1) is 12.2. The van der Waals surface area contributed by atoms with Crippen LogP contribution in [0.25, 0.3) is 0 Å². The van der Waals surface area contributed by atoms with Crippen LogP contribution in [0.15, 0.2) is 23.2 Å². The lowest BCUT2D eigenvalue weighted by Gasteiger charge is -2.13. The van der Waals surface area contributed by atoms with Crippen LogP contribution in [0.4, 0.5) is 18.9 Å². The molecule has 142 valence electrons. The van der Waals surface area contributed by atoms with Crippen molar-refractivity contribution in [2.24, 2.45) is 4.99 Å². The second-order valence-corrected chi connectivity index (χ2v) is 6.97. The SMILES string of the molecule is CCN=C1S[C@H](CC(=O)Nc2ccc(Cl)c(C(F)(F)F)c2)C(=O)N1CC. The molecule has 1 aromatic carbocycles. The van der Waals surface area contributed by atoms with Crippen molar-refractivity contribution in [2.75, 3.05) is 18.4 Å². The van der Waals surface area contributed by atoms with Crippen LogP contribution in [0.1, 0.15) is 25.8 Å².